The smallest absolute Gasteiger partial charge is 0.254 e. The minimum Gasteiger partial charge on any atom is -0.506 e. The number of hydrogen-bond acceptors (Lipinski definition) is 4. The number of pyridine rings is 2. The summed E-state index contributed by atoms with van der Waals surface area (Å²) >= 11 is 0. The van der Waals surface area contributed by atoms with Crippen LogP contribution < -0.4 is 0 Å². The third-order valence-corrected chi connectivity index (χ3v) is 2.45. The van der Waals surface area contributed by atoms with Crippen LogP contribution in [0.25, 0.3) is 11.1 Å². The molecule has 2 rings (SSSR count). The van der Waals surface area contributed by atoms with Crippen molar-refractivity contribution >= 4 is 5.91 Å². The molecule has 0 fully saturated rings. The molecule has 0 aliphatic heterocycles. The van der Waals surface area contributed by atoms with Crippen LogP contribution in [-0.2, 0) is 0 Å². The average Bonchev–Trinajstić information content (AvgIpc) is 2.38. The SMILES string of the molecule is CN(C)C(=O)c1cncc(-c2cncc(O)c2)c1. The quantitative estimate of drug-likeness (QED) is 0.869. The van der Waals surface area contributed by atoms with Crippen LogP contribution in [0.3, 0.4) is 0 Å². The van der Waals surface area contributed by atoms with Gasteiger partial charge < -0.3 is 10.0 Å². The molecule has 0 radical (unpaired) electrons. The summed E-state index contributed by atoms with van der Waals surface area (Å²) in [5.41, 5.74) is 1.96. The monoisotopic (exact) mass is 243 g/mol. The number of amides is 1. The second kappa shape index (κ2) is 4.83. The van der Waals surface area contributed by atoms with E-state index in [2.05, 4.69) is 9.97 Å². The van der Waals surface area contributed by atoms with Gasteiger partial charge in [-0.3, -0.25) is 14.8 Å². The zero-order valence-corrected chi connectivity index (χ0v) is 10.2. The highest BCUT2D eigenvalue weighted by molar-refractivity contribution is 5.94. The molecule has 0 saturated carbocycles. The number of aromatic nitrogens is 2. The molecule has 0 aromatic carbocycles. The number of hydrogen-bond donors (Lipinski definition) is 1. The summed E-state index contributed by atoms with van der Waals surface area (Å²) in [5.74, 6) is -0.0331. The molecule has 0 saturated heterocycles. The van der Waals surface area contributed by atoms with Crippen molar-refractivity contribution in [3.63, 3.8) is 0 Å². The predicted molar refractivity (Wildman–Crippen MR) is 67.2 cm³/mol. The second-order valence-corrected chi connectivity index (χ2v) is 4.09. The van der Waals surface area contributed by atoms with Crippen LogP contribution in [-0.4, -0.2) is 40.0 Å². The van der Waals surface area contributed by atoms with E-state index in [1.54, 1.807) is 38.6 Å². The largest absolute Gasteiger partial charge is 0.506 e. The van der Waals surface area contributed by atoms with E-state index in [0.29, 0.717) is 5.56 Å². The van der Waals surface area contributed by atoms with Crippen molar-refractivity contribution in [3.8, 4) is 16.9 Å². The zero-order valence-electron chi connectivity index (χ0n) is 10.2. The van der Waals surface area contributed by atoms with Crippen LogP contribution in [0.2, 0.25) is 0 Å². The first-order valence-corrected chi connectivity index (χ1v) is 5.39. The van der Waals surface area contributed by atoms with Gasteiger partial charge in [0.2, 0.25) is 0 Å². The van der Waals surface area contributed by atoms with E-state index >= 15 is 0 Å². The van der Waals surface area contributed by atoms with Crippen molar-refractivity contribution in [2.75, 3.05) is 14.1 Å². The topological polar surface area (TPSA) is 66.3 Å². The Morgan fingerprint density at radius 3 is 2.28 bits per heavy atom. The highest BCUT2D eigenvalue weighted by Crippen LogP contribution is 2.22. The van der Waals surface area contributed by atoms with Crippen LogP contribution in [0.5, 0.6) is 5.75 Å². The molecule has 0 bridgehead atoms. The first-order chi connectivity index (χ1) is 8.58. The number of carbonyl (C=O) groups is 1. The first kappa shape index (κ1) is 12.0. The molecular formula is C13H13N3O2. The molecule has 2 heterocycles. The maximum atomic E-state index is 11.8. The molecule has 2 aromatic heterocycles. The van der Waals surface area contributed by atoms with E-state index in [4.69, 9.17) is 0 Å². The Bertz CT molecular complexity index is 582. The van der Waals surface area contributed by atoms with Gasteiger partial charge in [0.25, 0.3) is 5.91 Å². The minimum atomic E-state index is -0.113. The van der Waals surface area contributed by atoms with Crippen LogP contribution in [0, 0.1) is 0 Å². The van der Waals surface area contributed by atoms with Gasteiger partial charge in [-0.2, -0.15) is 0 Å². The highest BCUT2D eigenvalue weighted by atomic mass is 16.3. The van der Waals surface area contributed by atoms with Crippen molar-refractivity contribution in [3.05, 3.63) is 42.5 Å². The third-order valence-electron chi connectivity index (χ3n) is 2.45. The number of carbonyl (C=O) groups excluding carboxylic acids is 1. The molecule has 0 spiro atoms. The molecule has 18 heavy (non-hydrogen) atoms. The van der Waals surface area contributed by atoms with Crippen LogP contribution in [0.15, 0.2) is 36.9 Å². The Kier molecular flexibility index (Phi) is 3.23. The summed E-state index contributed by atoms with van der Waals surface area (Å²) < 4.78 is 0. The molecule has 0 aliphatic rings. The van der Waals surface area contributed by atoms with E-state index in [9.17, 15) is 9.90 Å². The molecule has 0 aliphatic carbocycles. The van der Waals surface area contributed by atoms with Crippen molar-refractivity contribution in [2.24, 2.45) is 0 Å². The third kappa shape index (κ3) is 2.45. The zero-order chi connectivity index (χ0) is 13.1. The normalized spacial score (nSPS) is 10.1. The molecule has 5 nitrogen and oxygen atoms in total. The predicted octanol–water partition coefficient (Wildman–Crippen LogP) is 1.55. The maximum absolute atomic E-state index is 11.8. The van der Waals surface area contributed by atoms with Crippen molar-refractivity contribution in [1.82, 2.24) is 14.9 Å². The fourth-order valence-corrected chi connectivity index (χ4v) is 1.56. The van der Waals surface area contributed by atoms with E-state index in [-0.39, 0.29) is 11.7 Å². The lowest BCUT2D eigenvalue weighted by Gasteiger charge is -2.10. The standard InChI is InChI=1S/C13H13N3O2/c1-16(2)13(18)11-3-9(5-14-7-11)10-4-12(17)8-15-6-10/h3-8,17H,1-2H3. The molecule has 0 atom stereocenters. The Balaban J connectivity index is 2.42. The van der Waals surface area contributed by atoms with Crippen LogP contribution in [0.1, 0.15) is 10.4 Å². The lowest BCUT2D eigenvalue weighted by molar-refractivity contribution is 0.0827. The van der Waals surface area contributed by atoms with Crippen molar-refractivity contribution in [2.45, 2.75) is 0 Å². The average molecular weight is 243 g/mol. The van der Waals surface area contributed by atoms with Gasteiger partial charge in [-0.25, -0.2) is 0 Å². The van der Waals surface area contributed by atoms with Gasteiger partial charge in [0.05, 0.1) is 11.8 Å². The fourth-order valence-electron chi connectivity index (χ4n) is 1.56. The van der Waals surface area contributed by atoms with E-state index in [1.807, 2.05) is 0 Å². The second-order valence-electron chi connectivity index (χ2n) is 4.09. The van der Waals surface area contributed by atoms with Gasteiger partial charge in [0.1, 0.15) is 5.75 Å². The Morgan fingerprint density at radius 2 is 1.67 bits per heavy atom. The van der Waals surface area contributed by atoms with E-state index < -0.39 is 0 Å². The molecule has 0 unspecified atom stereocenters. The highest BCUT2D eigenvalue weighted by Gasteiger charge is 2.10. The van der Waals surface area contributed by atoms with Crippen LogP contribution in [0.4, 0.5) is 0 Å². The Hall–Kier alpha value is -2.43. The van der Waals surface area contributed by atoms with Gasteiger partial charge in [0.15, 0.2) is 0 Å². The minimum absolute atomic E-state index is 0.0804. The molecule has 5 heteroatoms. The Labute approximate surface area is 105 Å². The van der Waals surface area contributed by atoms with E-state index in [1.165, 1.54) is 17.3 Å². The van der Waals surface area contributed by atoms with E-state index in [0.717, 1.165) is 11.1 Å². The summed E-state index contributed by atoms with van der Waals surface area (Å²) in [6, 6.07) is 3.31. The molecule has 92 valence electrons. The summed E-state index contributed by atoms with van der Waals surface area (Å²) in [7, 11) is 3.37. The summed E-state index contributed by atoms with van der Waals surface area (Å²) in [6.07, 6.45) is 6.11. The summed E-state index contributed by atoms with van der Waals surface area (Å²) in [5, 5.41) is 9.38. The summed E-state index contributed by atoms with van der Waals surface area (Å²) in [4.78, 5) is 21.2. The van der Waals surface area contributed by atoms with Crippen molar-refractivity contribution in [1.29, 1.82) is 0 Å². The Morgan fingerprint density at radius 1 is 1.06 bits per heavy atom. The number of nitrogens with zero attached hydrogens (tertiary/aromatic N) is 3. The molecule has 1 amide bonds. The number of aromatic hydroxyl groups is 1. The van der Waals surface area contributed by atoms with Crippen LogP contribution >= 0.6 is 0 Å². The van der Waals surface area contributed by atoms with Gasteiger partial charge in [0, 0.05) is 43.8 Å². The first-order valence-electron chi connectivity index (χ1n) is 5.39. The van der Waals surface area contributed by atoms with Gasteiger partial charge in [-0.15, -0.1) is 0 Å². The number of rotatable bonds is 2. The van der Waals surface area contributed by atoms with Gasteiger partial charge in [-0.05, 0) is 12.1 Å². The maximum Gasteiger partial charge on any atom is 0.254 e. The molecular weight excluding hydrogens is 230 g/mol. The molecule has 1 N–H and O–H groups in total. The van der Waals surface area contributed by atoms with Gasteiger partial charge in [-0.1, -0.05) is 0 Å². The fraction of sp³-hybridized carbons (Fsp3) is 0.154. The molecule has 2 aromatic rings. The lowest BCUT2D eigenvalue weighted by Crippen LogP contribution is -2.21. The lowest BCUT2D eigenvalue weighted by atomic mass is 10.1. The van der Waals surface area contributed by atoms with Gasteiger partial charge >= 0.3 is 0 Å². The summed E-state index contributed by atoms with van der Waals surface area (Å²) in [6.45, 7) is 0. The van der Waals surface area contributed by atoms with Crippen molar-refractivity contribution < 1.29 is 9.90 Å².